The van der Waals surface area contributed by atoms with E-state index < -0.39 is 0 Å². The summed E-state index contributed by atoms with van der Waals surface area (Å²) in [4.78, 5) is 0. The minimum atomic E-state index is -0.225. The van der Waals surface area contributed by atoms with Gasteiger partial charge in [-0.25, -0.2) is 0 Å². The van der Waals surface area contributed by atoms with Gasteiger partial charge in [0.15, 0.2) is 0 Å². The Balaban J connectivity index is 1.54. The molecule has 4 rings (SSSR count). The number of rotatable bonds is 3. The second kappa shape index (κ2) is 6.81. The largest absolute Gasteiger partial charge is 0.493 e. The number of benzene rings is 1. The lowest BCUT2D eigenvalue weighted by Gasteiger charge is -2.59. The van der Waals surface area contributed by atoms with Crippen LogP contribution in [-0.4, -0.2) is 17.8 Å². The van der Waals surface area contributed by atoms with E-state index in [0.717, 1.165) is 42.7 Å². The molecule has 2 saturated carbocycles. The summed E-state index contributed by atoms with van der Waals surface area (Å²) < 4.78 is 12.0. The first-order valence-electron chi connectivity index (χ1n) is 10.4. The van der Waals surface area contributed by atoms with E-state index in [4.69, 9.17) is 9.47 Å². The maximum absolute atomic E-state index is 10.6. The molecule has 3 aliphatic rings. The summed E-state index contributed by atoms with van der Waals surface area (Å²) in [5.41, 5.74) is 2.37. The van der Waals surface area contributed by atoms with Crippen molar-refractivity contribution >= 4 is 6.08 Å². The zero-order chi connectivity index (χ0) is 20.1. The predicted molar refractivity (Wildman–Crippen MR) is 113 cm³/mol. The second-order valence-corrected chi connectivity index (χ2v) is 9.60. The van der Waals surface area contributed by atoms with Crippen molar-refractivity contribution in [1.82, 2.24) is 0 Å². The van der Waals surface area contributed by atoms with Crippen LogP contribution in [0.1, 0.15) is 52.0 Å². The number of ether oxygens (including phenoxy) is 2. The van der Waals surface area contributed by atoms with Crippen LogP contribution in [0, 0.1) is 22.7 Å². The molecule has 28 heavy (non-hydrogen) atoms. The fourth-order valence-electron chi connectivity index (χ4n) is 5.84. The lowest BCUT2D eigenvalue weighted by Crippen LogP contribution is -2.55. The van der Waals surface area contributed by atoms with Gasteiger partial charge in [0.1, 0.15) is 17.3 Å². The maximum Gasteiger partial charge on any atom is 0.138 e. The molecule has 0 spiro atoms. The number of fused-ring (bicyclic) bond motifs is 2. The Labute approximate surface area is 168 Å². The van der Waals surface area contributed by atoms with Gasteiger partial charge in [-0.05, 0) is 66.7 Å². The zero-order valence-corrected chi connectivity index (χ0v) is 17.3. The van der Waals surface area contributed by atoms with Crippen LogP contribution in [0.15, 0.2) is 48.8 Å². The number of aliphatic hydroxyl groups is 1. The van der Waals surface area contributed by atoms with Crippen molar-refractivity contribution in [3.05, 3.63) is 54.3 Å². The van der Waals surface area contributed by atoms with Crippen LogP contribution in [0.2, 0.25) is 0 Å². The van der Waals surface area contributed by atoms with E-state index in [2.05, 4.69) is 33.9 Å². The molecular formula is C25H32O3. The molecule has 1 heterocycles. The monoisotopic (exact) mass is 380 g/mol. The lowest BCUT2D eigenvalue weighted by molar-refractivity contribution is -0.128. The topological polar surface area (TPSA) is 38.7 Å². The van der Waals surface area contributed by atoms with Crippen LogP contribution in [0.3, 0.4) is 0 Å². The van der Waals surface area contributed by atoms with Gasteiger partial charge in [-0.2, -0.15) is 0 Å². The van der Waals surface area contributed by atoms with E-state index in [0.29, 0.717) is 24.2 Å². The first-order valence-corrected chi connectivity index (χ1v) is 10.4. The van der Waals surface area contributed by atoms with Gasteiger partial charge < -0.3 is 14.6 Å². The van der Waals surface area contributed by atoms with Crippen molar-refractivity contribution in [2.24, 2.45) is 22.7 Å². The number of aliphatic hydroxyl groups excluding tert-OH is 1. The molecular weight excluding hydrogens is 348 g/mol. The van der Waals surface area contributed by atoms with E-state index in [1.807, 2.05) is 30.4 Å². The summed E-state index contributed by atoms with van der Waals surface area (Å²) >= 11 is 0. The van der Waals surface area contributed by atoms with Gasteiger partial charge in [0.2, 0.25) is 0 Å². The molecule has 150 valence electrons. The summed E-state index contributed by atoms with van der Waals surface area (Å²) in [5.74, 6) is 3.02. The summed E-state index contributed by atoms with van der Waals surface area (Å²) in [5, 5.41) is 10.6. The molecule has 3 nitrogen and oxygen atoms in total. The molecule has 0 saturated heterocycles. The van der Waals surface area contributed by atoms with E-state index in [9.17, 15) is 5.11 Å². The standard InChI is InChI=1S/C25H32O3/c1-16-6-11-22-24(3,4)23(26)12-13-25(22,5)20(16)15-27-19-10-9-18-8-7-17(2)28-21(18)14-19/h7-10,14,20,22-23,26H,1-2,6,11-13,15H2,3-5H3/t20-,22-,23+,25+/m1/s1. The van der Waals surface area contributed by atoms with Gasteiger partial charge in [-0.3, -0.25) is 0 Å². The van der Waals surface area contributed by atoms with Crippen molar-refractivity contribution in [3.63, 3.8) is 0 Å². The van der Waals surface area contributed by atoms with Gasteiger partial charge in [-0.1, -0.05) is 39.5 Å². The van der Waals surface area contributed by atoms with Crippen molar-refractivity contribution in [3.8, 4) is 11.5 Å². The quantitative estimate of drug-likeness (QED) is 0.678. The summed E-state index contributed by atoms with van der Waals surface area (Å²) in [6, 6.07) is 5.97. The smallest absolute Gasteiger partial charge is 0.138 e. The van der Waals surface area contributed by atoms with Crippen molar-refractivity contribution in [2.45, 2.75) is 52.6 Å². The molecule has 1 aliphatic heterocycles. The zero-order valence-electron chi connectivity index (χ0n) is 17.3. The highest BCUT2D eigenvalue weighted by Crippen LogP contribution is 2.60. The first-order chi connectivity index (χ1) is 13.2. The van der Waals surface area contributed by atoms with Gasteiger partial charge >= 0.3 is 0 Å². The van der Waals surface area contributed by atoms with Gasteiger partial charge in [-0.15, -0.1) is 0 Å². The van der Waals surface area contributed by atoms with Crippen LogP contribution in [-0.2, 0) is 0 Å². The van der Waals surface area contributed by atoms with Gasteiger partial charge in [0.25, 0.3) is 0 Å². The molecule has 1 aromatic carbocycles. The molecule has 1 N–H and O–H groups in total. The average molecular weight is 381 g/mol. The van der Waals surface area contributed by atoms with E-state index >= 15 is 0 Å². The molecule has 0 amide bonds. The molecule has 1 aromatic rings. The number of hydrogen-bond donors (Lipinski definition) is 1. The predicted octanol–water partition coefficient (Wildman–Crippen LogP) is 5.75. The number of allylic oxidation sites excluding steroid dienone is 1. The summed E-state index contributed by atoms with van der Waals surface area (Å²) in [7, 11) is 0. The Morgan fingerprint density at radius 3 is 2.75 bits per heavy atom. The minimum absolute atomic E-state index is 0.0711. The molecule has 0 unspecified atom stereocenters. The van der Waals surface area contributed by atoms with Gasteiger partial charge in [0, 0.05) is 17.5 Å². The van der Waals surface area contributed by atoms with E-state index in [-0.39, 0.29) is 16.9 Å². The minimum Gasteiger partial charge on any atom is -0.493 e. The fraction of sp³-hybridized carbons (Fsp3) is 0.520. The molecule has 0 bridgehead atoms. The van der Waals surface area contributed by atoms with Gasteiger partial charge in [0.05, 0.1) is 12.7 Å². The second-order valence-electron chi connectivity index (χ2n) is 9.60. The highest BCUT2D eigenvalue weighted by atomic mass is 16.5. The third kappa shape index (κ3) is 3.10. The van der Waals surface area contributed by atoms with E-state index in [1.165, 1.54) is 5.57 Å². The number of hydrogen-bond acceptors (Lipinski definition) is 3. The Morgan fingerprint density at radius 1 is 1.18 bits per heavy atom. The maximum atomic E-state index is 10.6. The van der Waals surface area contributed by atoms with Crippen LogP contribution >= 0.6 is 0 Å². The Morgan fingerprint density at radius 2 is 1.96 bits per heavy atom. The third-order valence-corrected chi connectivity index (χ3v) is 7.64. The molecule has 0 radical (unpaired) electrons. The molecule has 4 atom stereocenters. The molecule has 0 aromatic heterocycles. The lowest BCUT2D eigenvalue weighted by atomic mass is 9.47. The van der Waals surface area contributed by atoms with Crippen LogP contribution in [0.5, 0.6) is 11.5 Å². The van der Waals surface area contributed by atoms with E-state index in [1.54, 1.807) is 0 Å². The Bertz CT molecular complexity index is 834. The highest BCUT2D eigenvalue weighted by Gasteiger charge is 2.56. The highest BCUT2D eigenvalue weighted by molar-refractivity contribution is 5.63. The first kappa shape index (κ1) is 19.3. The van der Waals surface area contributed by atoms with Crippen LogP contribution in [0.25, 0.3) is 6.08 Å². The van der Waals surface area contributed by atoms with Crippen LogP contribution in [0.4, 0.5) is 0 Å². The van der Waals surface area contributed by atoms with Crippen molar-refractivity contribution in [2.75, 3.05) is 6.61 Å². The Hall–Kier alpha value is -2.00. The van der Waals surface area contributed by atoms with Crippen molar-refractivity contribution in [1.29, 1.82) is 0 Å². The Kier molecular flexibility index (Phi) is 4.70. The average Bonchev–Trinajstić information content (AvgIpc) is 2.64. The summed E-state index contributed by atoms with van der Waals surface area (Å²) in [6.45, 7) is 15.7. The molecule has 3 heteroatoms. The van der Waals surface area contributed by atoms with Crippen molar-refractivity contribution < 1.29 is 14.6 Å². The molecule has 2 aliphatic carbocycles. The normalized spacial score (nSPS) is 33.6. The fourth-order valence-corrected chi connectivity index (χ4v) is 5.84. The SMILES string of the molecule is C=C1C=Cc2ccc(OC[C@@H]3C(=C)CC[C@@H]4C(C)(C)[C@@H](O)CC[C@@]34C)cc2O1. The van der Waals surface area contributed by atoms with Crippen LogP contribution < -0.4 is 9.47 Å². The molecule has 2 fully saturated rings. The summed E-state index contributed by atoms with van der Waals surface area (Å²) in [6.07, 6.45) is 7.65. The third-order valence-electron chi connectivity index (χ3n) is 7.64.